The van der Waals surface area contributed by atoms with Crippen LogP contribution in [-0.2, 0) is 17.0 Å². The number of anilines is 1. The molecule has 0 spiro atoms. The van der Waals surface area contributed by atoms with E-state index in [2.05, 4.69) is 22.4 Å². The van der Waals surface area contributed by atoms with Gasteiger partial charge in [-0.15, -0.1) is 10.2 Å². The molecule has 1 unspecified atom stereocenters. The van der Waals surface area contributed by atoms with Crippen LogP contribution in [0.5, 0.6) is 5.75 Å². The van der Waals surface area contributed by atoms with Crippen LogP contribution in [0.2, 0.25) is 0 Å². The van der Waals surface area contributed by atoms with E-state index in [0.29, 0.717) is 26.5 Å². The van der Waals surface area contributed by atoms with Crippen LogP contribution in [0.4, 0.5) is 9.52 Å². The number of carbonyl (C=O) groups is 1. The molecule has 0 aliphatic carbocycles. The molecule has 0 aliphatic heterocycles. The van der Waals surface area contributed by atoms with Crippen molar-refractivity contribution in [3.05, 3.63) is 65.5 Å². The summed E-state index contributed by atoms with van der Waals surface area (Å²) in [6.45, 7) is 3.76. The Morgan fingerprint density at radius 1 is 1.21 bits per heavy atom. The lowest BCUT2D eigenvalue weighted by atomic mass is 10.2. The van der Waals surface area contributed by atoms with Crippen LogP contribution >= 0.6 is 23.1 Å². The monoisotopic (exact) mass is 417 g/mol. The average Bonchev–Trinajstić information content (AvgIpc) is 3.15. The fraction of sp³-hybridized carbons (Fsp3) is 0.250. The maximum absolute atomic E-state index is 13.7. The molecule has 0 bridgehead atoms. The Kier molecular flexibility index (Phi) is 7.00. The molecule has 0 saturated heterocycles. The largest absolute Gasteiger partial charge is 0.481 e. The van der Waals surface area contributed by atoms with E-state index in [1.807, 2.05) is 24.3 Å². The van der Waals surface area contributed by atoms with Gasteiger partial charge in [0.05, 0.1) is 0 Å². The van der Waals surface area contributed by atoms with E-state index in [9.17, 15) is 9.18 Å². The Balaban J connectivity index is 1.52. The zero-order valence-electron chi connectivity index (χ0n) is 15.5. The van der Waals surface area contributed by atoms with E-state index in [1.54, 1.807) is 25.1 Å². The Morgan fingerprint density at radius 2 is 1.96 bits per heavy atom. The quantitative estimate of drug-likeness (QED) is 0.416. The van der Waals surface area contributed by atoms with E-state index in [-0.39, 0.29) is 11.7 Å². The molecule has 0 fully saturated rings. The van der Waals surface area contributed by atoms with Crippen LogP contribution < -0.4 is 10.1 Å². The molecule has 1 N–H and O–H groups in total. The number of benzene rings is 2. The van der Waals surface area contributed by atoms with Gasteiger partial charge in [-0.2, -0.15) is 0 Å². The minimum Gasteiger partial charge on any atom is -0.481 e. The first-order chi connectivity index (χ1) is 13.5. The summed E-state index contributed by atoms with van der Waals surface area (Å²) in [6.07, 6.45) is 0.274. The molecular formula is C20H20FN3O2S2. The van der Waals surface area contributed by atoms with Gasteiger partial charge in [0, 0.05) is 5.75 Å². The Morgan fingerprint density at radius 3 is 2.68 bits per heavy atom. The summed E-state index contributed by atoms with van der Waals surface area (Å²) in [7, 11) is 0. The fourth-order valence-electron chi connectivity index (χ4n) is 2.34. The van der Waals surface area contributed by atoms with Gasteiger partial charge >= 0.3 is 0 Å². The van der Waals surface area contributed by atoms with E-state index >= 15 is 0 Å². The SMILES string of the molecule is CCc1ccc(OC(C)C(=O)Nc2nnc(SCc3ccccc3F)s2)cc1. The van der Waals surface area contributed by atoms with Crippen molar-refractivity contribution >= 4 is 34.1 Å². The van der Waals surface area contributed by atoms with Gasteiger partial charge in [-0.3, -0.25) is 10.1 Å². The molecule has 8 heteroatoms. The summed E-state index contributed by atoms with van der Waals surface area (Å²) in [5, 5.41) is 11.1. The lowest BCUT2D eigenvalue weighted by Crippen LogP contribution is -2.30. The summed E-state index contributed by atoms with van der Waals surface area (Å²) < 4.78 is 20.0. The van der Waals surface area contributed by atoms with Gasteiger partial charge in [-0.25, -0.2) is 4.39 Å². The number of rotatable bonds is 8. The first kappa shape index (κ1) is 20.3. The molecule has 1 aromatic heterocycles. The summed E-state index contributed by atoms with van der Waals surface area (Å²) in [5.41, 5.74) is 1.81. The highest BCUT2D eigenvalue weighted by Gasteiger charge is 2.17. The van der Waals surface area contributed by atoms with Crippen molar-refractivity contribution in [2.24, 2.45) is 0 Å². The van der Waals surface area contributed by atoms with Gasteiger partial charge < -0.3 is 4.74 Å². The third-order valence-electron chi connectivity index (χ3n) is 3.96. The van der Waals surface area contributed by atoms with Gasteiger partial charge in [-0.05, 0) is 42.7 Å². The maximum atomic E-state index is 13.7. The average molecular weight is 418 g/mol. The molecule has 1 heterocycles. The van der Waals surface area contributed by atoms with E-state index in [0.717, 1.165) is 6.42 Å². The van der Waals surface area contributed by atoms with Gasteiger partial charge in [0.1, 0.15) is 11.6 Å². The van der Waals surface area contributed by atoms with E-state index in [4.69, 9.17) is 4.74 Å². The number of nitrogens with zero attached hydrogens (tertiary/aromatic N) is 2. The molecule has 0 radical (unpaired) electrons. The smallest absolute Gasteiger partial charge is 0.266 e. The van der Waals surface area contributed by atoms with Crippen molar-refractivity contribution in [3.8, 4) is 5.75 Å². The minimum atomic E-state index is -0.675. The van der Waals surface area contributed by atoms with Crippen molar-refractivity contribution in [1.82, 2.24) is 10.2 Å². The second kappa shape index (κ2) is 9.66. The van der Waals surface area contributed by atoms with Gasteiger partial charge in [0.2, 0.25) is 5.13 Å². The van der Waals surface area contributed by atoms with E-state index in [1.165, 1.54) is 34.7 Å². The first-order valence-corrected chi connectivity index (χ1v) is 10.6. The number of carbonyl (C=O) groups excluding carboxylic acids is 1. The van der Waals surface area contributed by atoms with Gasteiger partial charge in [0.25, 0.3) is 5.91 Å². The number of thioether (sulfide) groups is 1. The topological polar surface area (TPSA) is 64.1 Å². The highest BCUT2D eigenvalue weighted by Crippen LogP contribution is 2.29. The van der Waals surface area contributed by atoms with Crippen LogP contribution in [0.25, 0.3) is 0 Å². The highest BCUT2D eigenvalue weighted by atomic mass is 32.2. The fourth-order valence-corrected chi connectivity index (χ4v) is 4.08. The molecule has 3 rings (SSSR count). The van der Waals surface area contributed by atoms with Crippen molar-refractivity contribution in [1.29, 1.82) is 0 Å². The highest BCUT2D eigenvalue weighted by molar-refractivity contribution is 8.00. The van der Waals surface area contributed by atoms with E-state index < -0.39 is 6.10 Å². The number of hydrogen-bond donors (Lipinski definition) is 1. The van der Waals surface area contributed by atoms with Crippen molar-refractivity contribution in [2.75, 3.05) is 5.32 Å². The summed E-state index contributed by atoms with van der Waals surface area (Å²) in [4.78, 5) is 12.3. The third-order valence-corrected chi connectivity index (χ3v) is 5.98. The molecule has 2 aromatic carbocycles. The lowest BCUT2D eigenvalue weighted by molar-refractivity contribution is -0.122. The third kappa shape index (κ3) is 5.53. The Bertz CT molecular complexity index is 931. The number of halogens is 1. The predicted octanol–water partition coefficient (Wildman–Crippen LogP) is 4.94. The standard InChI is InChI=1S/C20H20FN3O2S2/c1-3-14-8-10-16(11-9-14)26-13(2)18(25)22-19-23-24-20(28-19)27-12-15-6-4-5-7-17(15)21/h4-11,13H,3,12H2,1-2H3,(H,22,23,25). The number of aromatic nitrogens is 2. The predicted molar refractivity (Wildman–Crippen MR) is 110 cm³/mol. The van der Waals surface area contributed by atoms with Crippen molar-refractivity contribution < 1.29 is 13.9 Å². The first-order valence-electron chi connectivity index (χ1n) is 8.81. The maximum Gasteiger partial charge on any atom is 0.266 e. The second-order valence-corrected chi connectivity index (χ2v) is 8.20. The molecular weight excluding hydrogens is 397 g/mol. The number of nitrogens with one attached hydrogen (secondary N) is 1. The summed E-state index contributed by atoms with van der Waals surface area (Å²) in [5.74, 6) is 0.535. The number of amides is 1. The number of hydrogen-bond acceptors (Lipinski definition) is 6. The molecule has 0 aliphatic rings. The summed E-state index contributed by atoms with van der Waals surface area (Å²) >= 11 is 2.62. The Labute approximate surface area is 171 Å². The van der Waals surface area contributed by atoms with Gasteiger partial charge in [0.15, 0.2) is 10.4 Å². The number of ether oxygens (including phenoxy) is 1. The molecule has 28 heavy (non-hydrogen) atoms. The zero-order chi connectivity index (χ0) is 19.9. The van der Waals surface area contributed by atoms with Crippen molar-refractivity contribution in [2.45, 2.75) is 36.5 Å². The normalized spacial score (nSPS) is 11.8. The second-order valence-electron chi connectivity index (χ2n) is 6.00. The van der Waals surface area contributed by atoms with Crippen LogP contribution in [0, 0.1) is 5.82 Å². The van der Waals surface area contributed by atoms with Crippen molar-refractivity contribution in [3.63, 3.8) is 0 Å². The molecule has 5 nitrogen and oxygen atoms in total. The number of aryl methyl sites for hydroxylation is 1. The Hall–Kier alpha value is -2.45. The van der Waals surface area contributed by atoms with Crippen LogP contribution in [0.15, 0.2) is 52.9 Å². The van der Waals surface area contributed by atoms with Crippen LogP contribution in [-0.4, -0.2) is 22.2 Å². The lowest BCUT2D eigenvalue weighted by Gasteiger charge is -2.13. The zero-order valence-corrected chi connectivity index (χ0v) is 17.1. The van der Waals surface area contributed by atoms with Gasteiger partial charge in [-0.1, -0.05) is 60.4 Å². The molecule has 0 saturated carbocycles. The summed E-state index contributed by atoms with van der Waals surface area (Å²) in [6, 6.07) is 14.3. The molecule has 146 valence electrons. The minimum absolute atomic E-state index is 0.244. The molecule has 3 aromatic rings. The molecule has 1 atom stereocenters. The van der Waals surface area contributed by atoms with Crippen LogP contribution in [0.3, 0.4) is 0 Å². The molecule has 1 amide bonds. The van der Waals surface area contributed by atoms with Crippen LogP contribution in [0.1, 0.15) is 25.0 Å².